The Morgan fingerprint density at radius 1 is 0.718 bits per heavy atom. The van der Waals surface area contributed by atoms with Gasteiger partial charge in [0.05, 0.1) is 0 Å². The molecule has 4 rings (SSSR count). The third-order valence-corrected chi connectivity index (χ3v) is 8.53. The van der Waals surface area contributed by atoms with E-state index in [2.05, 4.69) is 95.0 Å². The number of nitrogens with zero attached hydrogens (tertiary/aromatic N) is 1. The van der Waals surface area contributed by atoms with Gasteiger partial charge in [0.2, 0.25) is 0 Å². The van der Waals surface area contributed by atoms with Gasteiger partial charge in [-0.25, -0.2) is 0 Å². The predicted molar refractivity (Wildman–Crippen MR) is 162 cm³/mol. The minimum Gasteiger partial charge on any atom is -0.380 e. The van der Waals surface area contributed by atoms with Crippen LogP contribution in [0.25, 0.3) is 0 Å². The molecule has 1 N–H and O–H groups in total. The van der Waals surface area contributed by atoms with Crippen LogP contribution < -0.4 is 0 Å². The molecule has 0 spiro atoms. The van der Waals surface area contributed by atoms with E-state index in [1.807, 2.05) is 30.3 Å². The molecule has 1 fully saturated rings. The molecule has 0 radical (unpaired) electrons. The summed E-state index contributed by atoms with van der Waals surface area (Å²) in [7, 11) is 0. The van der Waals surface area contributed by atoms with Crippen LogP contribution in [0.5, 0.6) is 0 Å². The zero-order valence-corrected chi connectivity index (χ0v) is 24.8. The van der Waals surface area contributed by atoms with Crippen LogP contribution in [0.1, 0.15) is 99.8 Å². The van der Waals surface area contributed by atoms with E-state index in [-0.39, 0.29) is 22.5 Å². The van der Waals surface area contributed by atoms with Gasteiger partial charge in [-0.05, 0) is 77.9 Å². The Kier molecular flexibility index (Phi) is 8.83. The van der Waals surface area contributed by atoms with Gasteiger partial charge in [-0.2, -0.15) is 0 Å². The topological polar surface area (TPSA) is 40.5 Å². The Labute approximate surface area is 236 Å². The normalized spacial score (nSPS) is 17.1. The van der Waals surface area contributed by atoms with Crippen molar-refractivity contribution in [2.24, 2.45) is 5.92 Å². The molecule has 3 aromatic rings. The number of likely N-dealkylation sites (tertiary alicyclic amines) is 1. The predicted octanol–water partition coefficient (Wildman–Crippen LogP) is 7.89. The molecule has 1 atom stereocenters. The van der Waals surface area contributed by atoms with Gasteiger partial charge in [0.25, 0.3) is 0 Å². The lowest BCUT2D eigenvalue weighted by Crippen LogP contribution is -2.44. The molecule has 0 saturated carbocycles. The van der Waals surface area contributed by atoms with Gasteiger partial charge in [0, 0.05) is 12.0 Å². The van der Waals surface area contributed by atoms with Crippen LogP contribution >= 0.6 is 0 Å². The molecular weight excluding hydrogens is 478 g/mol. The Hall–Kier alpha value is -2.75. The van der Waals surface area contributed by atoms with Crippen LogP contribution in [-0.2, 0) is 16.4 Å². The first-order chi connectivity index (χ1) is 18.4. The van der Waals surface area contributed by atoms with Crippen molar-refractivity contribution in [2.45, 2.75) is 83.7 Å². The van der Waals surface area contributed by atoms with Crippen LogP contribution in [0.15, 0.2) is 78.9 Å². The number of aliphatic hydroxyl groups is 1. The molecule has 1 aliphatic heterocycles. The van der Waals surface area contributed by atoms with Gasteiger partial charge in [-0.1, -0.05) is 120 Å². The monoisotopic (exact) mass is 525 g/mol. The van der Waals surface area contributed by atoms with Gasteiger partial charge in [0.1, 0.15) is 5.60 Å². The molecule has 0 bridgehead atoms. The zero-order chi connectivity index (χ0) is 28.3. The Morgan fingerprint density at radius 2 is 1.18 bits per heavy atom. The minimum absolute atomic E-state index is 0.0754. The van der Waals surface area contributed by atoms with Crippen LogP contribution in [0, 0.1) is 5.92 Å². The Morgan fingerprint density at radius 3 is 1.69 bits per heavy atom. The Bertz CT molecular complexity index is 1210. The van der Waals surface area contributed by atoms with Gasteiger partial charge < -0.3 is 10.0 Å². The van der Waals surface area contributed by atoms with E-state index in [0.29, 0.717) is 6.42 Å². The highest BCUT2D eigenvalue weighted by atomic mass is 16.3. The van der Waals surface area contributed by atoms with Crippen LogP contribution in [0.3, 0.4) is 0 Å². The number of hydrogen-bond donors (Lipinski definition) is 1. The summed E-state index contributed by atoms with van der Waals surface area (Å²) in [4.78, 5) is 15.2. The smallest absolute Gasteiger partial charge is 0.162 e. The van der Waals surface area contributed by atoms with Crippen LogP contribution in [0.2, 0.25) is 0 Å². The number of carbonyl (C=O) groups excluding carboxylic acids is 1. The molecule has 0 aliphatic carbocycles. The minimum atomic E-state index is -1.01. The number of ketones is 1. The lowest BCUT2D eigenvalue weighted by molar-refractivity contribution is -0.0142. The lowest BCUT2D eigenvalue weighted by atomic mass is 9.71. The largest absolute Gasteiger partial charge is 0.380 e. The van der Waals surface area contributed by atoms with Crippen molar-refractivity contribution in [3.63, 3.8) is 0 Å². The summed E-state index contributed by atoms with van der Waals surface area (Å²) in [5, 5.41) is 12.3. The quantitative estimate of drug-likeness (QED) is 0.304. The maximum absolute atomic E-state index is 12.8. The molecule has 1 unspecified atom stereocenters. The molecule has 208 valence electrons. The van der Waals surface area contributed by atoms with Crippen molar-refractivity contribution in [1.82, 2.24) is 4.90 Å². The highest BCUT2D eigenvalue weighted by Crippen LogP contribution is 2.42. The molecule has 0 aromatic heterocycles. The van der Waals surface area contributed by atoms with Gasteiger partial charge in [-0.3, -0.25) is 4.79 Å². The van der Waals surface area contributed by atoms with E-state index in [1.165, 1.54) is 11.1 Å². The second-order valence-corrected chi connectivity index (χ2v) is 13.4. The number of piperidine rings is 1. The number of hydrogen-bond acceptors (Lipinski definition) is 3. The number of benzene rings is 3. The number of Topliss-reactive ketones (excluding diaryl/α,β-unsaturated/α-hetero) is 1. The summed E-state index contributed by atoms with van der Waals surface area (Å²) in [5.41, 5.74) is 4.44. The molecular formula is C36H47NO2. The highest BCUT2D eigenvalue weighted by molar-refractivity contribution is 5.96. The van der Waals surface area contributed by atoms with Gasteiger partial charge >= 0.3 is 0 Å². The average Bonchev–Trinajstić information content (AvgIpc) is 2.92. The maximum Gasteiger partial charge on any atom is 0.162 e. The first-order valence-corrected chi connectivity index (χ1v) is 14.6. The number of rotatable bonds is 8. The van der Waals surface area contributed by atoms with Crippen molar-refractivity contribution in [3.8, 4) is 0 Å². The van der Waals surface area contributed by atoms with Crippen molar-refractivity contribution in [3.05, 3.63) is 107 Å². The summed E-state index contributed by atoms with van der Waals surface area (Å²) >= 11 is 0. The third-order valence-electron chi connectivity index (χ3n) is 8.53. The molecule has 39 heavy (non-hydrogen) atoms. The Balaban J connectivity index is 1.37. The zero-order valence-electron chi connectivity index (χ0n) is 24.8. The summed E-state index contributed by atoms with van der Waals surface area (Å²) in [5.74, 6) is 0.363. The fraction of sp³-hybridized carbons (Fsp3) is 0.472. The van der Waals surface area contributed by atoms with Crippen LogP contribution in [-0.4, -0.2) is 35.4 Å². The second kappa shape index (κ2) is 11.8. The SMILES string of the molecule is CC(C)(C)c1ccc(C(=O)CCCN2CCC(C(O)(c3ccccc3)c3ccc(C(C)(C)C)cc3)CC2)cc1. The standard InChI is InChI=1S/C36H47NO2/c1-34(2,3)28-16-14-27(15-17-28)33(38)13-10-24-37-25-22-32(23-26-37)36(39,30-11-8-7-9-12-30)31-20-18-29(19-21-31)35(4,5)6/h7-9,11-12,14-21,32,39H,10,13,22-26H2,1-6H3. The number of carbonyl (C=O) groups is 1. The van der Waals surface area contributed by atoms with E-state index in [4.69, 9.17) is 0 Å². The van der Waals surface area contributed by atoms with E-state index in [1.54, 1.807) is 0 Å². The molecule has 1 saturated heterocycles. The molecule has 1 aliphatic rings. The van der Waals surface area contributed by atoms with Gasteiger partial charge in [-0.15, -0.1) is 0 Å². The summed E-state index contributed by atoms with van der Waals surface area (Å²) < 4.78 is 0. The van der Waals surface area contributed by atoms with Crippen molar-refractivity contribution < 1.29 is 9.90 Å². The summed E-state index contributed by atoms with van der Waals surface area (Å²) in [6.45, 7) is 16.0. The molecule has 0 amide bonds. The molecule has 3 nitrogen and oxygen atoms in total. The fourth-order valence-corrected chi connectivity index (χ4v) is 5.89. The fourth-order valence-electron chi connectivity index (χ4n) is 5.89. The average molecular weight is 526 g/mol. The second-order valence-electron chi connectivity index (χ2n) is 13.4. The first kappa shape index (κ1) is 29.2. The van der Waals surface area contributed by atoms with Crippen molar-refractivity contribution in [1.29, 1.82) is 0 Å². The molecule has 3 aromatic carbocycles. The van der Waals surface area contributed by atoms with E-state index in [9.17, 15) is 9.90 Å². The molecule has 3 heteroatoms. The highest BCUT2D eigenvalue weighted by Gasteiger charge is 2.41. The van der Waals surface area contributed by atoms with E-state index >= 15 is 0 Å². The lowest BCUT2D eigenvalue weighted by Gasteiger charge is -2.42. The third kappa shape index (κ3) is 6.88. The molecule has 1 heterocycles. The van der Waals surface area contributed by atoms with Crippen molar-refractivity contribution in [2.75, 3.05) is 19.6 Å². The maximum atomic E-state index is 12.8. The van der Waals surface area contributed by atoms with E-state index < -0.39 is 5.60 Å². The van der Waals surface area contributed by atoms with E-state index in [0.717, 1.165) is 55.6 Å². The summed E-state index contributed by atoms with van der Waals surface area (Å²) in [6, 6.07) is 26.9. The first-order valence-electron chi connectivity index (χ1n) is 14.6. The van der Waals surface area contributed by atoms with Crippen molar-refractivity contribution >= 4 is 5.78 Å². The van der Waals surface area contributed by atoms with Crippen LogP contribution in [0.4, 0.5) is 0 Å². The van der Waals surface area contributed by atoms with Gasteiger partial charge in [0.15, 0.2) is 5.78 Å². The summed E-state index contributed by atoms with van der Waals surface area (Å²) in [6.07, 6.45) is 3.29.